The number of rotatable bonds is 8. The van der Waals surface area contributed by atoms with Gasteiger partial charge in [-0.05, 0) is 25.0 Å². The number of guanidine groups is 1. The second-order valence-electron chi connectivity index (χ2n) is 7.97. The van der Waals surface area contributed by atoms with Crippen molar-refractivity contribution in [1.82, 2.24) is 20.0 Å². The smallest absolute Gasteiger partial charge is 0.225 e. The molecule has 1 saturated heterocycles. The van der Waals surface area contributed by atoms with Gasteiger partial charge in [0.15, 0.2) is 17.5 Å². The van der Waals surface area contributed by atoms with E-state index >= 15 is 0 Å². The Morgan fingerprint density at radius 1 is 1.27 bits per heavy atom. The normalized spacial score (nSPS) is 18.1. The molecule has 1 aliphatic carbocycles. The third kappa shape index (κ3) is 6.08. The molecule has 1 heterocycles. The zero-order chi connectivity index (χ0) is 21.3. The maximum Gasteiger partial charge on any atom is 0.225 e. The van der Waals surface area contributed by atoms with E-state index in [4.69, 9.17) is 4.74 Å². The topological polar surface area (TPSA) is 60.4 Å². The fourth-order valence-corrected chi connectivity index (χ4v) is 3.78. The van der Waals surface area contributed by atoms with Gasteiger partial charge in [0, 0.05) is 59.3 Å². The summed E-state index contributed by atoms with van der Waals surface area (Å²) in [7, 11) is 3.69. The van der Waals surface area contributed by atoms with Crippen LogP contribution in [0.5, 0.6) is 5.75 Å². The van der Waals surface area contributed by atoms with Crippen LogP contribution in [0.25, 0.3) is 0 Å². The molecule has 1 amide bonds. The largest absolute Gasteiger partial charge is 0.489 e. The number of carbonyl (C=O) groups is 1. The Hall–Kier alpha value is -2.35. The molecule has 0 radical (unpaired) electrons. The minimum Gasteiger partial charge on any atom is -0.489 e. The molecule has 0 atom stereocenters. The fourth-order valence-electron chi connectivity index (χ4n) is 3.78. The Morgan fingerprint density at radius 3 is 2.63 bits per heavy atom. The molecule has 30 heavy (non-hydrogen) atoms. The average Bonchev–Trinajstić information content (AvgIpc) is 2.71. The molecule has 0 bridgehead atoms. The first-order valence-corrected chi connectivity index (χ1v) is 10.9. The third-order valence-electron chi connectivity index (χ3n) is 5.94. The van der Waals surface area contributed by atoms with Crippen molar-refractivity contribution < 1.29 is 13.9 Å². The fraction of sp³-hybridized carbons (Fsp3) is 0.636. The van der Waals surface area contributed by atoms with E-state index in [0.717, 1.165) is 58.1 Å². The summed E-state index contributed by atoms with van der Waals surface area (Å²) < 4.78 is 19.1. The van der Waals surface area contributed by atoms with Crippen LogP contribution in [-0.2, 0) is 4.79 Å². The van der Waals surface area contributed by atoms with Crippen LogP contribution < -0.4 is 10.1 Å². The highest BCUT2D eigenvalue weighted by molar-refractivity contribution is 5.80. The summed E-state index contributed by atoms with van der Waals surface area (Å²) in [6, 6.07) is 6.42. The van der Waals surface area contributed by atoms with E-state index in [2.05, 4.69) is 15.2 Å². The average molecular weight is 420 g/mol. The number of amides is 1. The van der Waals surface area contributed by atoms with Crippen LogP contribution in [0.1, 0.15) is 19.3 Å². The highest BCUT2D eigenvalue weighted by Gasteiger charge is 2.31. The Bertz CT molecular complexity index is 717. The van der Waals surface area contributed by atoms with Gasteiger partial charge < -0.3 is 19.9 Å². The van der Waals surface area contributed by atoms with Gasteiger partial charge in [-0.2, -0.15) is 0 Å². The van der Waals surface area contributed by atoms with Crippen LogP contribution >= 0.6 is 0 Å². The first-order valence-electron chi connectivity index (χ1n) is 10.9. The summed E-state index contributed by atoms with van der Waals surface area (Å²) in [6.07, 6.45) is 3.34. The number of benzene rings is 1. The molecule has 1 aromatic rings. The highest BCUT2D eigenvalue weighted by Crippen LogP contribution is 2.28. The van der Waals surface area contributed by atoms with Gasteiger partial charge in [0.1, 0.15) is 6.61 Å². The number of likely N-dealkylation sites (N-methyl/N-ethyl adjacent to an activating group) is 1. The van der Waals surface area contributed by atoms with Crippen LogP contribution in [0.2, 0.25) is 0 Å². The lowest BCUT2D eigenvalue weighted by atomic mass is 9.84. The minimum atomic E-state index is -0.350. The van der Waals surface area contributed by atoms with Crippen molar-refractivity contribution in [2.45, 2.75) is 19.3 Å². The third-order valence-corrected chi connectivity index (χ3v) is 5.94. The Balaban J connectivity index is 1.31. The van der Waals surface area contributed by atoms with Crippen molar-refractivity contribution in [1.29, 1.82) is 0 Å². The zero-order valence-electron chi connectivity index (χ0n) is 18.1. The summed E-state index contributed by atoms with van der Waals surface area (Å²) in [4.78, 5) is 23.0. The van der Waals surface area contributed by atoms with E-state index in [9.17, 15) is 9.18 Å². The van der Waals surface area contributed by atoms with E-state index in [-0.39, 0.29) is 11.6 Å². The van der Waals surface area contributed by atoms with Crippen molar-refractivity contribution in [3.8, 4) is 5.75 Å². The van der Waals surface area contributed by atoms with Gasteiger partial charge >= 0.3 is 0 Å². The van der Waals surface area contributed by atoms with Crippen LogP contribution in [0, 0.1) is 11.7 Å². The van der Waals surface area contributed by atoms with Crippen LogP contribution in [-0.4, -0.2) is 93.1 Å². The maximum absolute atomic E-state index is 13.6. The molecule has 2 fully saturated rings. The molecular weight excluding hydrogens is 385 g/mol. The van der Waals surface area contributed by atoms with Gasteiger partial charge in [-0.25, -0.2) is 4.39 Å². The van der Waals surface area contributed by atoms with Crippen LogP contribution in [0.15, 0.2) is 29.3 Å². The number of hydrogen-bond donors (Lipinski definition) is 1. The number of ether oxygens (including phenoxy) is 1. The Kier molecular flexibility index (Phi) is 8.30. The molecule has 1 saturated carbocycles. The molecule has 1 aromatic carbocycles. The first kappa shape index (κ1) is 22.3. The Labute approximate surface area is 178 Å². The van der Waals surface area contributed by atoms with E-state index in [0.29, 0.717) is 25.0 Å². The number of aliphatic imine (C=N–C) groups is 1. The molecule has 8 heteroatoms. The number of nitrogens with zero attached hydrogens (tertiary/aromatic N) is 4. The summed E-state index contributed by atoms with van der Waals surface area (Å²) in [5, 5.41) is 3.37. The van der Waals surface area contributed by atoms with Gasteiger partial charge in [-0.1, -0.05) is 18.6 Å². The van der Waals surface area contributed by atoms with E-state index in [1.54, 1.807) is 25.2 Å². The number of hydrogen-bond acceptors (Lipinski definition) is 4. The summed E-state index contributed by atoms with van der Waals surface area (Å²) in [5.74, 6) is 1.35. The quantitative estimate of drug-likeness (QED) is 0.513. The Morgan fingerprint density at radius 2 is 2.00 bits per heavy atom. The van der Waals surface area contributed by atoms with Crippen LogP contribution in [0.4, 0.5) is 4.39 Å². The number of nitrogens with one attached hydrogen (secondary N) is 1. The van der Waals surface area contributed by atoms with Gasteiger partial charge in [0.05, 0.1) is 6.54 Å². The lowest BCUT2D eigenvalue weighted by Gasteiger charge is -2.38. The molecule has 0 unspecified atom stereocenters. The van der Waals surface area contributed by atoms with Crippen molar-refractivity contribution >= 4 is 11.9 Å². The van der Waals surface area contributed by atoms with Crippen LogP contribution in [0.3, 0.4) is 0 Å². The SMILES string of the molecule is CN=C(NCCN1CCN(C(=O)C2CCC2)CC1)N(C)CCOc1ccccc1F. The molecule has 166 valence electrons. The monoisotopic (exact) mass is 419 g/mol. The first-order chi connectivity index (χ1) is 14.6. The van der Waals surface area contributed by atoms with Gasteiger partial charge in [-0.15, -0.1) is 0 Å². The van der Waals surface area contributed by atoms with Gasteiger partial charge in [-0.3, -0.25) is 14.7 Å². The van der Waals surface area contributed by atoms with Gasteiger partial charge in [0.2, 0.25) is 5.91 Å². The number of carbonyl (C=O) groups excluding carboxylic acids is 1. The summed E-state index contributed by atoms with van der Waals surface area (Å²) in [5.41, 5.74) is 0. The molecule has 0 spiro atoms. The second-order valence-corrected chi connectivity index (χ2v) is 7.97. The van der Waals surface area contributed by atoms with E-state index < -0.39 is 0 Å². The van der Waals surface area contributed by atoms with E-state index in [1.807, 2.05) is 16.8 Å². The lowest BCUT2D eigenvalue weighted by molar-refractivity contribution is -0.139. The zero-order valence-corrected chi connectivity index (χ0v) is 18.1. The van der Waals surface area contributed by atoms with Crippen molar-refractivity contribution in [2.75, 3.05) is 66.5 Å². The standard InChI is InChI=1S/C22H34FN5O2/c1-24-22(26(2)16-17-30-20-9-4-3-8-19(20)23)25-10-11-27-12-14-28(15-13-27)21(29)18-6-5-7-18/h3-4,8-9,18H,5-7,10-17H2,1-2H3,(H,24,25). The molecule has 1 aliphatic heterocycles. The van der Waals surface area contributed by atoms with Gasteiger partial charge in [0.25, 0.3) is 0 Å². The summed E-state index contributed by atoms with van der Waals surface area (Å²) in [6.45, 7) is 6.15. The van der Waals surface area contributed by atoms with Crippen molar-refractivity contribution in [3.05, 3.63) is 30.1 Å². The van der Waals surface area contributed by atoms with Crippen molar-refractivity contribution in [2.24, 2.45) is 10.9 Å². The molecule has 1 N–H and O–H groups in total. The lowest BCUT2D eigenvalue weighted by Crippen LogP contribution is -2.52. The molecule has 0 aromatic heterocycles. The molecule has 2 aliphatic rings. The van der Waals surface area contributed by atoms with E-state index in [1.165, 1.54) is 12.5 Å². The highest BCUT2D eigenvalue weighted by atomic mass is 19.1. The number of halogens is 1. The minimum absolute atomic E-state index is 0.267. The predicted octanol–water partition coefficient (Wildman–Crippen LogP) is 1.66. The number of para-hydroxylation sites is 1. The predicted molar refractivity (Wildman–Crippen MR) is 116 cm³/mol. The second kappa shape index (κ2) is 11.2. The van der Waals surface area contributed by atoms with Crippen molar-refractivity contribution in [3.63, 3.8) is 0 Å². The maximum atomic E-state index is 13.6. The molecule has 3 rings (SSSR count). The summed E-state index contributed by atoms with van der Waals surface area (Å²) >= 11 is 0. The molecule has 7 nitrogen and oxygen atoms in total. The molecular formula is C22H34FN5O2. The number of piperazine rings is 1.